The van der Waals surface area contributed by atoms with Crippen molar-refractivity contribution in [3.8, 4) is 5.75 Å². The zero-order valence-electron chi connectivity index (χ0n) is 14.3. The molecule has 23 heavy (non-hydrogen) atoms. The molecule has 124 valence electrons. The minimum atomic E-state index is 0.385. The molecule has 1 aromatic heterocycles. The van der Waals surface area contributed by atoms with Crippen molar-refractivity contribution in [3.05, 3.63) is 36.0 Å². The number of nitrogens with one attached hydrogen (secondary N) is 1. The van der Waals surface area contributed by atoms with E-state index < -0.39 is 0 Å². The first-order chi connectivity index (χ1) is 11.3. The van der Waals surface area contributed by atoms with Gasteiger partial charge in [-0.05, 0) is 62.4 Å². The van der Waals surface area contributed by atoms with Crippen LogP contribution >= 0.6 is 0 Å². The summed E-state index contributed by atoms with van der Waals surface area (Å²) in [5.41, 5.74) is 2.13. The minimum absolute atomic E-state index is 0.385. The maximum Gasteiger partial charge on any atom is 0.120 e. The van der Waals surface area contributed by atoms with Crippen molar-refractivity contribution >= 4 is 10.9 Å². The molecule has 1 N–H and O–H groups in total. The summed E-state index contributed by atoms with van der Waals surface area (Å²) >= 11 is 0. The average Bonchev–Trinajstić information content (AvgIpc) is 2.60. The first-order valence-electron chi connectivity index (χ1n) is 9.05. The second kappa shape index (κ2) is 7.78. The largest absolute Gasteiger partial charge is 0.490 e. The first kappa shape index (κ1) is 16.3. The van der Waals surface area contributed by atoms with Crippen LogP contribution in [0.2, 0.25) is 0 Å². The van der Waals surface area contributed by atoms with E-state index in [1.54, 1.807) is 0 Å². The molecule has 0 atom stereocenters. The van der Waals surface area contributed by atoms with E-state index in [1.165, 1.54) is 32.1 Å². The van der Waals surface area contributed by atoms with Crippen molar-refractivity contribution in [2.45, 2.75) is 58.6 Å². The molecule has 3 rings (SSSR count). The van der Waals surface area contributed by atoms with E-state index >= 15 is 0 Å². The van der Waals surface area contributed by atoms with Gasteiger partial charge < -0.3 is 10.1 Å². The van der Waals surface area contributed by atoms with Gasteiger partial charge in [0.05, 0.1) is 17.3 Å². The van der Waals surface area contributed by atoms with Crippen LogP contribution < -0.4 is 10.1 Å². The third-order valence-electron chi connectivity index (χ3n) is 4.95. The monoisotopic (exact) mass is 312 g/mol. The van der Waals surface area contributed by atoms with Crippen LogP contribution in [0.4, 0.5) is 0 Å². The van der Waals surface area contributed by atoms with Crippen molar-refractivity contribution < 1.29 is 4.74 Å². The molecule has 1 heterocycles. The molecule has 1 saturated carbocycles. The minimum Gasteiger partial charge on any atom is -0.490 e. The normalized spacial score (nSPS) is 21.5. The highest BCUT2D eigenvalue weighted by molar-refractivity contribution is 5.80. The zero-order chi connectivity index (χ0) is 16.1. The number of rotatable bonds is 6. The second-order valence-corrected chi connectivity index (χ2v) is 6.61. The summed E-state index contributed by atoms with van der Waals surface area (Å²) in [5, 5.41) is 4.47. The molecular weight excluding hydrogens is 284 g/mol. The fourth-order valence-corrected chi connectivity index (χ4v) is 3.42. The summed E-state index contributed by atoms with van der Waals surface area (Å²) in [6.45, 7) is 6.20. The number of hydrogen-bond acceptors (Lipinski definition) is 3. The van der Waals surface area contributed by atoms with E-state index in [4.69, 9.17) is 9.72 Å². The Balaban J connectivity index is 1.66. The molecule has 1 fully saturated rings. The smallest absolute Gasteiger partial charge is 0.120 e. The van der Waals surface area contributed by atoms with Crippen molar-refractivity contribution in [3.63, 3.8) is 0 Å². The maximum atomic E-state index is 6.21. The van der Waals surface area contributed by atoms with Crippen LogP contribution in [0.3, 0.4) is 0 Å². The lowest BCUT2D eigenvalue weighted by Gasteiger charge is -2.28. The molecular formula is C20H28N2O. The van der Waals surface area contributed by atoms with Gasteiger partial charge in [0.1, 0.15) is 5.75 Å². The first-order valence-corrected chi connectivity index (χ1v) is 9.05. The van der Waals surface area contributed by atoms with Gasteiger partial charge in [-0.3, -0.25) is 4.98 Å². The van der Waals surface area contributed by atoms with E-state index in [0.717, 1.165) is 41.4 Å². The fraction of sp³-hybridized carbons (Fsp3) is 0.550. The molecule has 0 saturated heterocycles. The Morgan fingerprint density at radius 2 is 1.91 bits per heavy atom. The molecule has 3 nitrogen and oxygen atoms in total. The second-order valence-electron chi connectivity index (χ2n) is 6.61. The standard InChI is InChI=1S/C20H28N2O/c1-3-15-5-9-18(10-6-15)23-19-11-12-20-16(13-19)7-8-17(22-20)14-21-4-2/h7-8,11-13,15,18,21H,3-6,9-10,14H2,1-2H3. The van der Waals surface area contributed by atoms with Crippen molar-refractivity contribution in [1.82, 2.24) is 10.3 Å². The molecule has 1 aliphatic rings. The van der Waals surface area contributed by atoms with Crippen molar-refractivity contribution in [2.75, 3.05) is 6.54 Å². The van der Waals surface area contributed by atoms with Gasteiger partial charge in [-0.2, -0.15) is 0 Å². The van der Waals surface area contributed by atoms with Gasteiger partial charge in [-0.1, -0.05) is 26.3 Å². The molecule has 0 unspecified atom stereocenters. The maximum absolute atomic E-state index is 6.21. The third kappa shape index (κ3) is 4.23. The number of ether oxygens (including phenoxy) is 1. The third-order valence-corrected chi connectivity index (χ3v) is 4.95. The number of aromatic nitrogens is 1. The Kier molecular flexibility index (Phi) is 5.50. The van der Waals surface area contributed by atoms with E-state index in [-0.39, 0.29) is 0 Å². The van der Waals surface area contributed by atoms with E-state index in [2.05, 4.69) is 49.5 Å². The van der Waals surface area contributed by atoms with Crippen LogP contribution in [0, 0.1) is 5.92 Å². The van der Waals surface area contributed by atoms with Crippen LogP contribution in [0.15, 0.2) is 30.3 Å². The molecule has 0 spiro atoms. The van der Waals surface area contributed by atoms with Crippen LogP contribution in [-0.2, 0) is 6.54 Å². The zero-order valence-corrected chi connectivity index (χ0v) is 14.3. The highest BCUT2D eigenvalue weighted by atomic mass is 16.5. The lowest BCUT2D eigenvalue weighted by molar-refractivity contribution is 0.130. The van der Waals surface area contributed by atoms with Gasteiger partial charge in [-0.15, -0.1) is 0 Å². The quantitative estimate of drug-likeness (QED) is 0.840. The lowest BCUT2D eigenvalue weighted by atomic mass is 9.86. The Labute approximate surface area is 139 Å². The number of hydrogen-bond donors (Lipinski definition) is 1. The molecule has 3 heteroatoms. The van der Waals surface area contributed by atoms with Gasteiger partial charge >= 0.3 is 0 Å². The van der Waals surface area contributed by atoms with Gasteiger partial charge in [0.15, 0.2) is 0 Å². The van der Waals surface area contributed by atoms with Crippen LogP contribution in [-0.4, -0.2) is 17.6 Å². The van der Waals surface area contributed by atoms with Gasteiger partial charge in [-0.25, -0.2) is 0 Å². The van der Waals surface area contributed by atoms with E-state index in [1.807, 2.05) is 0 Å². The van der Waals surface area contributed by atoms with E-state index in [0.29, 0.717) is 6.10 Å². The van der Waals surface area contributed by atoms with Crippen molar-refractivity contribution in [1.29, 1.82) is 0 Å². The Hall–Kier alpha value is -1.61. The number of benzene rings is 1. The van der Waals surface area contributed by atoms with Gasteiger partial charge in [0.25, 0.3) is 0 Å². The molecule has 0 bridgehead atoms. The predicted molar refractivity (Wildman–Crippen MR) is 95.8 cm³/mol. The molecule has 1 aliphatic carbocycles. The number of pyridine rings is 1. The Morgan fingerprint density at radius 1 is 1.09 bits per heavy atom. The van der Waals surface area contributed by atoms with Gasteiger partial charge in [0, 0.05) is 11.9 Å². The fourth-order valence-electron chi connectivity index (χ4n) is 3.42. The molecule has 1 aromatic carbocycles. The highest BCUT2D eigenvalue weighted by Crippen LogP contribution is 2.30. The van der Waals surface area contributed by atoms with Crippen molar-refractivity contribution in [2.24, 2.45) is 5.92 Å². The van der Waals surface area contributed by atoms with Crippen LogP contribution in [0.5, 0.6) is 5.75 Å². The van der Waals surface area contributed by atoms with Crippen LogP contribution in [0.1, 0.15) is 51.6 Å². The van der Waals surface area contributed by atoms with Crippen LogP contribution in [0.25, 0.3) is 10.9 Å². The average molecular weight is 312 g/mol. The summed E-state index contributed by atoms with van der Waals surface area (Å²) in [7, 11) is 0. The summed E-state index contributed by atoms with van der Waals surface area (Å²) in [6.07, 6.45) is 6.70. The van der Waals surface area contributed by atoms with E-state index in [9.17, 15) is 0 Å². The molecule has 0 aliphatic heterocycles. The number of fused-ring (bicyclic) bond motifs is 1. The molecule has 2 aromatic rings. The SMILES string of the molecule is CCNCc1ccc2cc(OC3CCC(CC)CC3)ccc2n1. The number of nitrogens with zero attached hydrogens (tertiary/aromatic N) is 1. The Bertz CT molecular complexity index is 633. The summed E-state index contributed by atoms with van der Waals surface area (Å²) < 4.78 is 6.21. The topological polar surface area (TPSA) is 34.1 Å². The predicted octanol–water partition coefficient (Wildman–Crippen LogP) is 4.69. The lowest BCUT2D eigenvalue weighted by Crippen LogP contribution is -2.23. The molecule has 0 radical (unpaired) electrons. The molecule has 0 amide bonds. The summed E-state index contributed by atoms with van der Waals surface area (Å²) in [4.78, 5) is 4.70. The highest BCUT2D eigenvalue weighted by Gasteiger charge is 2.21. The Morgan fingerprint density at radius 3 is 2.65 bits per heavy atom. The van der Waals surface area contributed by atoms with Gasteiger partial charge in [0.2, 0.25) is 0 Å². The summed E-state index contributed by atoms with van der Waals surface area (Å²) in [5.74, 6) is 1.89. The summed E-state index contributed by atoms with van der Waals surface area (Å²) in [6, 6.07) is 10.5.